The molecule has 0 fully saturated rings. The first-order chi connectivity index (χ1) is 16.8. The van der Waals surface area contributed by atoms with Crippen molar-refractivity contribution in [2.24, 2.45) is 0 Å². The van der Waals surface area contributed by atoms with Crippen LogP contribution in [0.25, 0.3) is 22.8 Å². The lowest BCUT2D eigenvalue weighted by molar-refractivity contribution is -0.116. The van der Waals surface area contributed by atoms with E-state index in [1.807, 2.05) is 0 Å². The lowest BCUT2D eigenvalue weighted by Gasteiger charge is -2.07. The van der Waals surface area contributed by atoms with Crippen molar-refractivity contribution in [3.63, 3.8) is 0 Å². The fourth-order valence-electron chi connectivity index (χ4n) is 3.25. The number of rotatable bonds is 8. The molecule has 0 aliphatic carbocycles. The van der Waals surface area contributed by atoms with Gasteiger partial charge in [0.25, 0.3) is 5.89 Å². The number of anilines is 2. The Bertz CT molecular complexity index is 1390. The summed E-state index contributed by atoms with van der Waals surface area (Å²) in [6.45, 7) is -0.327. The summed E-state index contributed by atoms with van der Waals surface area (Å²) in [7, 11) is 3.05. The van der Waals surface area contributed by atoms with E-state index in [-0.39, 0.29) is 29.8 Å². The summed E-state index contributed by atoms with van der Waals surface area (Å²) in [5, 5.41) is 11.2. The van der Waals surface area contributed by atoms with Gasteiger partial charge >= 0.3 is 0 Å². The maximum absolute atomic E-state index is 13.9. The van der Waals surface area contributed by atoms with Crippen molar-refractivity contribution < 1.29 is 27.6 Å². The maximum atomic E-state index is 13.9. The first kappa shape index (κ1) is 24.0. The number of nitrogens with zero attached hydrogens (tertiary/aromatic N) is 4. The van der Waals surface area contributed by atoms with Crippen LogP contribution in [0.5, 0.6) is 11.5 Å². The number of nitrogen functional groups attached to an aromatic ring is 1. The van der Waals surface area contributed by atoms with Gasteiger partial charge < -0.3 is 25.0 Å². The Balaban J connectivity index is 1.59. The number of benzene rings is 2. The summed E-state index contributed by atoms with van der Waals surface area (Å²) in [5.41, 5.74) is 7.07. The third kappa shape index (κ3) is 4.89. The molecule has 35 heavy (non-hydrogen) atoms. The predicted molar refractivity (Wildman–Crippen MR) is 125 cm³/mol. The van der Waals surface area contributed by atoms with Crippen LogP contribution in [0.2, 0.25) is 0 Å². The molecule has 0 bridgehead atoms. The van der Waals surface area contributed by atoms with Gasteiger partial charge in [0.15, 0.2) is 11.5 Å². The molecule has 0 unspecified atom stereocenters. The van der Waals surface area contributed by atoms with Crippen molar-refractivity contribution in [2.75, 3.05) is 31.5 Å². The highest BCUT2D eigenvalue weighted by molar-refractivity contribution is 7.98. The molecule has 2 aromatic carbocycles. The molecule has 0 aliphatic heterocycles. The van der Waals surface area contributed by atoms with Crippen LogP contribution in [0.3, 0.4) is 0 Å². The Kier molecular flexibility index (Phi) is 6.87. The summed E-state index contributed by atoms with van der Waals surface area (Å²) < 4.78 is 44.2. The first-order valence-electron chi connectivity index (χ1n) is 10.1. The molecule has 0 radical (unpaired) electrons. The molecule has 10 nitrogen and oxygen atoms in total. The second-order valence-electron chi connectivity index (χ2n) is 7.09. The zero-order valence-electron chi connectivity index (χ0n) is 18.8. The minimum absolute atomic E-state index is 0.103. The summed E-state index contributed by atoms with van der Waals surface area (Å²) in [6.07, 6.45) is 1.77. The number of thioether (sulfide) groups is 1. The van der Waals surface area contributed by atoms with Crippen LogP contribution in [-0.4, -0.2) is 46.3 Å². The fourth-order valence-corrected chi connectivity index (χ4v) is 3.83. The molecule has 0 spiro atoms. The highest BCUT2D eigenvalue weighted by Gasteiger charge is 2.24. The van der Waals surface area contributed by atoms with E-state index in [1.165, 1.54) is 30.7 Å². The number of nitrogens with one attached hydrogen (secondary N) is 1. The molecule has 13 heteroatoms. The zero-order valence-corrected chi connectivity index (χ0v) is 19.7. The van der Waals surface area contributed by atoms with Gasteiger partial charge in [0.05, 0.1) is 19.9 Å². The van der Waals surface area contributed by atoms with Crippen LogP contribution < -0.4 is 20.5 Å². The van der Waals surface area contributed by atoms with Crippen molar-refractivity contribution in [2.45, 2.75) is 11.6 Å². The number of ether oxygens (including phenoxy) is 2. The summed E-state index contributed by atoms with van der Waals surface area (Å²) in [4.78, 5) is 16.9. The summed E-state index contributed by atoms with van der Waals surface area (Å²) in [5.74, 6) is -0.723. The Morgan fingerprint density at radius 1 is 1.17 bits per heavy atom. The van der Waals surface area contributed by atoms with E-state index < -0.39 is 17.5 Å². The monoisotopic (exact) mass is 502 g/mol. The smallest absolute Gasteiger partial charge is 0.264 e. The topological polar surface area (TPSA) is 130 Å². The average Bonchev–Trinajstić information content (AvgIpc) is 3.45. The number of carbonyl (C=O) groups is 1. The molecule has 2 heterocycles. The van der Waals surface area contributed by atoms with Crippen molar-refractivity contribution >= 4 is 29.2 Å². The third-order valence-corrected chi connectivity index (χ3v) is 5.61. The van der Waals surface area contributed by atoms with E-state index in [4.69, 9.17) is 19.7 Å². The lowest BCUT2D eigenvalue weighted by Crippen LogP contribution is -2.21. The van der Waals surface area contributed by atoms with E-state index in [2.05, 4.69) is 20.6 Å². The molecule has 1 amide bonds. The molecule has 182 valence electrons. The van der Waals surface area contributed by atoms with Crippen molar-refractivity contribution in [3.05, 3.63) is 48.0 Å². The van der Waals surface area contributed by atoms with Crippen LogP contribution in [0, 0.1) is 11.6 Å². The second-order valence-corrected chi connectivity index (χ2v) is 7.89. The van der Waals surface area contributed by atoms with Gasteiger partial charge in [0.1, 0.15) is 34.6 Å². The number of methoxy groups -OCH3 is 2. The summed E-state index contributed by atoms with van der Waals surface area (Å²) in [6, 6.07) is 8.00. The molecule has 0 saturated carbocycles. The standard InChI is InChI=1S/C22H20F2N6O4S/c1-32-15-7-4-11(8-16(15)33-2)20-27-21(34-29-20)18-19(25)30(28-22(18)35-3)10-17(31)26-14-6-5-12(23)9-13(14)24/h4-9H,10,25H2,1-3H3,(H,26,31). The molecule has 4 rings (SSSR count). The summed E-state index contributed by atoms with van der Waals surface area (Å²) >= 11 is 1.27. The molecule has 4 aromatic rings. The number of aromatic nitrogens is 4. The van der Waals surface area contributed by atoms with Gasteiger partial charge in [-0.2, -0.15) is 10.1 Å². The van der Waals surface area contributed by atoms with E-state index in [1.54, 1.807) is 24.5 Å². The molecule has 2 aromatic heterocycles. The van der Waals surface area contributed by atoms with Crippen LogP contribution in [0.1, 0.15) is 0 Å². The van der Waals surface area contributed by atoms with E-state index >= 15 is 0 Å². The fraction of sp³-hybridized carbons (Fsp3) is 0.182. The number of hydrogen-bond donors (Lipinski definition) is 2. The lowest BCUT2D eigenvalue weighted by atomic mass is 10.2. The van der Waals surface area contributed by atoms with Crippen LogP contribution in [0.15, 0.2) is 45.9 Å². The molecule has 3 N–H and O–H groups in total. The molecule has 0 aliphatic rings. The Labute approximate surface area is 202 Å². The number of carbonyl (C=O) groups excluding carboxylic acids is 1. The highest BCUT2D eigenvalue weighted by atomic mass is 32.2. The Hall–Kier alpha value is -4.13. The van der Waals surface area contributed by atoms with Gasteiger partial charge in [-0.25, -0.2) is 13.5 Å². The average molecular weight is 503 g/mol. The molecular formula is C22H20F2N6O4S. The van der Waals surface area contributed by atoms with E-state index in [9.17, 15) is 13.6 Å². The van der Waals surface area contributed by atoms with Crippen molar-refractivity contribution in [1.82, 2.24) is 19.9 Å². The normalized spacial score (nSPS) is 10.9. The second kappa shape index (κ2) is 10.0. The van der Waals surface area contributed by atoms with E-state index in [0.29, 0.717) is 33.7 Å². The van der Waals surface area contributed by atoms with Gasteiger partial charge in [0, 0.05) is 11.6 Å². The SMILES string of the molecule is COc1ccc(-c2noc(-c3c(SC)nn(CC(=O)Nc4ccc(F)cc4F)c3N)n2)cc1OC. The minimum atomic E-state index is -0.897. The minimum Gasteiger partial charge on any atom is -0.493 e. The predicted octanol–water partition coefficient (Wildman–Crippen LogP) is 3.84. The third-order valence-electron chi connectivity index (χ3n) is 4.93. The number of hydrogen-bond acceptors (Lipinski definition) is 9. The van der Waals surface area contributed by atoms with Gasteiger partial charge in [-0.05, 0) is 36.6 Å². The number of nitrogens with two attached hydrogens (primary N) is 1. The van der Waals surface area contributed by atoms with Crippen LogP contribution in [-0.2, 0) is 11.3 Å². The van der Waals surface area contributed by atoms with Crippen LogP contribution >= 0.6 is 11.8 Å². The molecular weight excluding hydrogens is 482 g/mol. The van der Waals surface area contributed by atoms with E-state index in [0.717, 1.165) is 12.1 Å². The zero-order chi connectivity index (χ0) is 25.1. The van der Waals surface area contributed by atoms with Gasteiger partial charge in [-0.3, -0.25) is 4.79 Å². The maximum Gasteiger partial charge on any atom is 0.264 e. The number of amides is 1. The van der Waals surface area contributed by atoms with Gasteiger partial charge in [-0.15, -0.1) is 11.8 Å². The molecule has 0 atom stereocenters. The Morgan fingerprint density at radius 3 is 2.63 bits per heavy atom. The van der Waals surface area contributed by atoms with Gasteiger partial charge in [0.2, 0.25) is 11.7 Å². The van der Waals surface area contributed by atoms with Crippen molar-refractivity contribution in [1.29, 1.82) is 0 Å². The largest absolute Gasteiger partial charge is 0.493 e. The van der Waals surface area contributed by atoms with Crippen molar-refractivity contribution in [3.8, 4) is 34.3 Å². The van der Waals surface area contributed by atoms with Gasteiger partial charge in [-0.1, -0.05) is 5.16 Å². The van der Waals surface area contributed by atoms with Crippen LogP contribution in [0.4, 0.5) is 20.3 Å². The number of halogens is 2. The molecule has 0 saturated heterocycles. The first-order valence-corrected chi connectivity index (χ1v) is 11.3. The quantitative estimate of drug-likeness (QED) is 0.345. The highest BCUT2D eigenvalue weighted by Crippen LogP contribution is 2.36. The Morgan fingerprint density at radius 2 is 1.94 bits per heavy atom.